The van der Waals surface area contributed by atoms with Crippen LogP contribution in [0.15, 0.2) is 48.7 Å². The van der Waals surface area contributed by atoms with Crippen LogP contribution >= 0.6 is 0 Å². The van der Waals surface area contributed by atoms with Crippen molar-refractivity contribution in [3.8, 4) is 5.75 Å². The average molecular weight is 278 g/mol. The number of aromatic hydroxyl groups is 1. The molecule has 4 rings (SSSR count). The third-order valence-electron chi connectivity index (χ3n) is 4.34. The minimum Gasteiger partial charge on any atom is -0.508 e. The second kappa shape index (κ2) is 4.85. The topological polar surface area (TPSA) is 48.0 Å². The van der Waals surface area contributed by atoms with Gasteiger partial charge in [0.05, 0.1) is 6.04 Å². The maximum absolute atomic E-state index is 9.75. The number of anilines is 1. The summed E-state index contributed by atoms with van der Waals surface area (Å²) in [5.41, 5.74) is 4.86. The van der Waals surface area contributed by atoms with Gasteiger partial charge in [0, 0.05) is 22.8 Å². The zero-order chi connectivity index (χ0) is 14.2. The van der Waals surface area contributed by atoms with E-state index in [1.165, 1.54) is 22.9 Å². The molecule has 1 heterocycles. The summed E-state index contributed by atoms with van der Waals surface area (Å²) in [5, 5.41) is 14.6. The first kappa shape index (κ1) is 12.3. The fraction of sp³-hybridized carbons (Fsp3) is 0.222. The third-order valence-corrected chi connectivity index (χ3v) is 4.34. The highest BCUT2D eigenvalue weighted by Crippen LogP contribution is 2.34. The molecular formula is C18H18N2O. The highest BCUT2D eigenvalue weighted by atomic mass is 16.3. The Bertz CT molecular complexity index is 791. The zero-order valence-corrected chi connectivity index (χ0v) is 11.8. The Morgan fingerprint density at radius 2 is 2.05 bits per heavy atom. The Morgan fingerprint density at radius 1 is 1.10 bits per heavy atom. The smallest absolute Gasteiger partial charge is 0.115 e. The van der Waals surface area contributed by atoms with Gasteiger partial charge in [-0.1, -0.05) is 6.07 Å². The molecule has 0 spiro atoms. The molecule has 3 aromatic rings. The van der Waals surface area contributed by atoms with Gasteiger partial charge in [0.15, 0.2) is 0 Å². The highest BCUT2D eigenvalue weighted by molar-refractivity contribution is 5.83. The van der Waals surface area contributed by atoms with E-state index in [-0.39, 0.29) is 6.04 Å². The molecule has 3 heteroatoms. The Balaban J connectivity index is 1.67. The largest absolute Gasteiger partial charge is 0.508 e. The maximum Gasteiger partial charge on any atom is 0.115 e. The van der Waals surface area contributed by atoms with Crippen molar-refractivity contribution in [3.63, 3.8) is 0 Å². The fourth-order valence-corrected chi connectivity index (χ4v) is 3.28. The lowest BCUT2D eigenvalue weighted by molar-refractivity contribution is 0.471. The maximum atomic E-state index is 9.75. The van der Waals surface area contributed by atoms with Crippen LogP contribution in [0.5, 0.6) is 5.75 Å². The summed E-state index contributed by atoms with van der Waals surface area (Å²) in [5.74, 6) is 0.350. The van der Waals surface area contributed by atoms with E-state index in [9.17, 15) is 5.11 Å². The molecule has 0 aliphatic heterocycles. The Labute approximate surface area is 123 Å². The third kappa shape index (κ3) is 2.25. The lowest BCUT2D eigenvalue weighted by Gasteiger charge is -2.27. The van der Waals surface area contributed by atoms with Crippen molar-refractivity contribution in [3.05, 3.63) is 59.8 Å². The van der Waals surface area contributed by atoms with Gasteiger partial charge < -0.3 is 15.4 Å². The van der Waals surface area contributed by atoms with Crippen LogP contribution in [0.1, 0.15) is 30.0 Å². The normalized spacial score (nSPS) is 17.6. The first-order valence-corrected chi connectivity index (χ1v) is 7.45. The van der Waals surface area contributed by atoms with E-state index in [2.05, 4.69) is 34.6 Å². The van der Waals surface area contributed by atoms with Crippen molar-refractivity contribution >= 4 is 16.6 Å². The van der Waals surface area contributed by atoms with Gasteiger partial charge in [0.2, 0.25) is 0 Å². The number of rotatable bonds is 2. The fourth-order valence-electron chi connectivity index (χ4n) is 3.28. The van der Waals surface area contributed by atoms with Crippen molar-refractivity contribution in [2.75, 3.05) is 5.32 Å². The van der Waals surface area contributed by atoms with E-state index >= 15 is 0 Å². The number of aromatic amines is 1. The van der Waals surface area contributed by atoms with E-state index in [1.807, 2.05) is 18.3 Å². The Morgan fingerprint density at radius 3 is 3.00 bits per heavy atom. The Hall–Kier alpha value is -2.42. The summed E-state index contributed by atoms with van der Waals surface area (Å²) in [4.78, 5) is 3.21. The predicted octanol–water partition coefficient (Wildman–Crippen LogP) is 4.36. The van der Waals surface area contributed by atoms with Crippen LogP contribution in [-0.2, 0) is 6.42 Å². The molecule has 1 aliphatic carbocycles. The van der Waals surface area contributed by atoms with E-state index in [0.717, 1.165) is 24.0 Å². The van der Waals surface area contributed by atoms with Crippen LogP contribution in [0, 0.1) is 0 Å². The number of hydrogen-bond acceptors (Lipinski definition) is 2. The SMILES string of the molecule is Oc1ccc2c(c1)C(Nc1ccc3[nH]ccc3c1)CCC2. The molecule has 0 radical (unpaired) electrons. The molecule has 3 N–H and O–H groups in total. The van der Waals surface area contributed by atoms with Crippen molar-refractivity contribution in [1.29, 1.82) is 0 Å². The highest BCUT2D eigenvalue weighted by Gasteiger charge is 2.20. The van der Waals surface area contributed by atoms with Crippen LogP contribution in [0.2, 0.25) is 0 Å². The van der Waals surface area contributed by atoms with Crippen molar-refractivity contribution in [2.24, 2.45) is 0 Å². The zero-order valence-electron chi connectivity index (χ0n) is 11.8. The molecule has 1 aliphatic rings. The van der Waals surface area contributed by atoms with Crippen LogP contribution < -0.4 is 5.32 Å². The minimum absolute atomic E-state index is 0.275. The summed E-state index contributed by atoms with van der Waals surface area (Å²) in [6.45, 7) is 0. The van der Waals surface area contributed by atoms with Gasteiger partial charge in [0.25, 0.3) is 0 Å². The molecule has 0 saturated carbocycles. The second-order valence-corrected chi connectivity index (χ2v) is 5.75. The molecule has 0 fully saturated rings. The van der Waals surface area contributed by atoms with Gasteiger partial charge in [-0.2, -0.15) is 0 Å². The molecule has 1 unspecified atom stereocenters. The van der Waals surface area contributed by atoms with Gasteiger partial charge in [-0.15, -0.1) is 0 Å². The van der Waals surface area contributed by atoms with Gasteiger partial charge in [-0.3, -0.25) is 0 Å². The van der Waals surface area contributed by atoms with Gasteiger partial charge in [0.1, 0.15) is 5.75 Å². The first-order valence-electron chi connectivity index (χ1n) is 7.45. The number of phenols is 1. The van der Waals surface area contributed by atoms with Crippen LogP contribution in [-0.4, -0.2) is 10.1 Å². The molecule has 0 saturated heterocycles. The predicted molar refractivity (Wildman–Crippen MR) is 85.7 cm³/mol. The molecule has 21 heavy (non-hydrogen) atoms. The molecule has 0 bridgehead atoms. The van der Waals surface area contributed by atoms with Gasteiger partial charge >= 0.3 is 0 Å². The van der Waals surface area contributed by atoms with Crippen molar-refractivity contribution < 1.29 is 5.11 Å². The van der Waals surface area contributed by atoms with Crippen LogP contribution in [0.25, 0.3) is 10.9 Å². The minimum atomic E-state index is 0.275. The Kier molecular flexibility index (Phi) is 2.85. The molecule has 2 aromatic carbocycles. The van der Waals surface area contributed by atoms with Gasteiger partial charge in [-0.25, -0.2) is 0 Å². The second-order valence-electron chi connectivity index (χ2n) is 5.75. The summed E-state index contributed by atoms with van der Waals surface area (Å²) < 4.78 is 0. The summed E-state index contributed by atoms with van der Waals surface area (Å²) >= 11 is 0. The molecule has 1 atom stereocenters. The number of aryl methyl sites for hydroxylation is 1. The quantitative estimate of drug-likeness (QED) is 0.652. The number of benzene rings is 2. The van der Waals surface area contributed by atoms with E-state index in [0.29, 0.717) is 5.75 Å². The average Bonchev–Trinajstić information content (AvgIpc) is 2.95. The first-order chi connectivity index (χ1) is 10.3. The van der Waals surface area contributed by atoms with Crippen molar-refractivity contribution in [1.82, 2.24) is 4.98 Å². The van der Waals surface area contributed by atoms with E-state index in [4.69, 9.17) is 0 Å². The lowest BCUT2D eigenvalue weighted by Crippen LogP contribution is -2.17. The van der Waals surface area contributed by atoms with Crippen LogP contribution in [0.4, 0.5) is 5.69 Å². The monoisotopic (exact) mass is 278 g/mol. The lowest BCUT2D eigenvalue weighted by atomic mass is 9.87. The summed E-state index contributed by atoms with van der Waals surface area (Å²) in [7, 11) is 0. The number of phenolic OH excluding ortho intramolecular Hbond substituents is 1. The van der Waals surface area contributed by atoms with Crippen molar-refractivity contribution in [2.45, 2.75) is 25.3 Å². The van der Waals surface area contributed by atoms with E-state index < -0.39 is 0 Å². The van der Waals surface area contributed by atoms with E-state index in [1.54, 1.807) is 6.07 Å². The number of H-pyrrole nitrogens is 1. The summed E-state index contributed by atoms with van der Waals surface area (Å²) in [6, 6.07) is 14.5. The number of nitrogens with one attached hydrogen (secondary N) is 2. The molecule has 0 amide bonds. The molecule has 3 nitrogen and oxygen atoms in total. The number of fused-ring (bicyclic) bond motifs is 2. The molecule has 1 aromatic heterocycles. The number of aromatic nitrogens is 1. The van der Waals surface area contributed by atoms with Crippen LogP contribution in [0.3, 0.4) is 0 Å². The number of hydrogen-bond donors (Lipinski definition) is 3. The molecule has 106 valence electrons. The molecular weight excluding hydrogens is 260 g/mol. The standard InChI is InChI=1S/C18H18N2O/c21-15-6-4-12-2-1-3-18(16(12)11-15)20-14-5-7-17-13(10-14)8-9-19-17/h4-11,18-21H,1-3H2. The van der Waals surface area contributed by atoms with Gasteiger partial charge in [-0.05, 0) is 66.8 Å². The summed E-state index contributed by atoms with van der Waals surface area (Å²) in [6.07, 6.45) is 5.34.